The van der Waals surface area contributed by atoms with Gasteiger partial charge < -0.3 is 14.0 Å². The Morgan fingerprint density at radius 2 is 1.37 bits per heavy atom. The van der Waals surface area contributed by atoms with Gasteiger partial charge in [-0.25, -0.2) is 0 Å². The summed E-state index contributed by atoms with van der Waals surface area (Å²) in [6.45, 7) is 9.05. The van der Waals surface area contributed by atoms with Gasteiger partial charge in [-0.2, -0.15) is 0 Å². The summed E-state index contributed by atoms with van der Waals surface area (Å²) in [5.41, 5.74) is 9.38. The van der Waals surface area contributed by atoms with Gasteiger partial charge in [0.2, 0.25) is 0 Å². The van der Waals surface area contributed by atoms with E-state index in [2.05, 4.69) is 121 Å². The number of furan rings is 1. The summed E-state index contributed by atoms with van der Waals surface area (Å²) < 4.78 is 8.85. The first kappa shape index (κ1) is 35.3. The molecular formula is C47H36IrN4OSi-2. The smallest absolute Gasteiger partial charge is 0.128 e. The van der Waals surface area contributed by atoms with Gasteiger partial charge in [0.05, 0.1) is 41.7 Å². The topological polar surface area (TPSA) is 56.7 Å². The Bertz CT molecular complexity index is 2930. The minimum Gasteiger partial charge on any atom is -0.500 e. The van der Waals surface area contributed by atoms with E-state index in [9.17, 15) is 0 Å². The van der Waals surface area contributed by atoms with Crippen LogP contribution in [0, 0.1) is 19.1 Å². The Labute approximate surface area is 328 Å². The van der Waals surface area contributed by atoms with Crippen LogP contribution in [0.5, 0.6) is 0 Å². The fourth-order valence-corrected chi connectivity index (χ4v) is 8.16. The molecule has 7 heteroatoms. The number of rotatable bonds is 4. The van der Waals surface area contributed by atoms with Crippen LogP contribution in [0.3, 0.4) is 0 Å². The van der Waals surface area contributed by atoms with Crippen molar-refractivity contribution < 1.29 is 24.5 Å². The maximum Gasteiger partial charge on any atom is 0.128 e. The molecule has 0 spiro atoms. The first-order valence-electron chi connectivity index (χ1n) is 17.9. The first-order chi connectivity index (χ1) is 25.8. The van der Waals surface area contributed by atoms with E-state index in [0.29, 0.717) is 0 Å². The van der Waals surface area contributed by atoms with E-state index < -0.39 is 8.07 Å². The minimum absolute atomic E-state index is 0. The Morgan fingerprint density at radius 3 is 2.13 bits per heavy atom. The summed E-state index contributed by atoms with van der Waals surface area (Å²) in [5, 5.41) is 6.83. The van der Waals surface area contributed by atoms with E-state index >= 15 is 0 Å². The zero-order valence-electron chi connectivity index (χ0n) is 30.4. The zero-order chi connectivity index (χ0) is 36.1. The van der Waals surface area contributed by atoms with Crippen molar-refractivity contribution in [3.63, 3.8) is 0 Å². The minimum atomic E-state index is -1.23. The molecule has 4 heterocycles. The number of pyridine rings is 2. The van der Waals surface area contributed by atoms with E-state index in [1.807, 2.05) is 72.9 Å². The van der Waals surface area contributed by atoms with Gasteiger partial charge in [0.15, 0.2) is 0 Å². The maximum atomic E-state index is 6.66. The largest absolute Gasteiger partial charge is 0.500 e. The molecule has 54 heavy (non-hydrogen) atoms. The number of fused-ring (bicyclic) bond motifs is 8. The Kier molecular flexibility index (Phi) is 9.32. The zero-order valence-corrected chi connectivity index (χ0v) is 33.8. The molecule has 0 N–H and O–H groups in total. The monoisotopic (exact) mass is 893 g/mol. The van der Waals surface area contributed by atoms with E-state index in [-0.39, 0.29) is 20.1 Å². The van der Waals surface area contributed by atoms with Crippen molar-refractivity contribution in [2.75, 3.05) is 0 Å². The van der Waals surface area contributed by atoms with Crippen LogP contribution in [-0.2, 0) is 20.1 Å². The predicted octanol–water partition coefficient (Wildman–Crippen LogP) is 11.5. The molecule has 0 saturated heterocycles. The van der Waals surface area contributed by atoms with Gasteiger partial charge in [-0.15, -0.1) is 54.1 Å². The predicted molar refractivity (Wildman–Crippen MR) is 222 cm³/mol. The second-order valence-electron chi connectivity index (χ2n) is 14.3. The number of aromatic nitrogens is 4. The molecule has 4 aromatic heterocycles. The number of para-hydroxylation sites is 2. The SMILES string of the molecule is C[Si](C)(C)c1ccc(-c2[c-]cccc2)nc1.Cc1nc2ccccc2c2nc(-c3[c-]ccc4c3oc3c5ccccc5ccc43)n(-c3ccccc3)c12.[Ir]. The van der Waals surface area contributed by atoms with Crippen LogP contribution >= 0.6 is 0 Å². The van der Waals surface area contributed by atoms with Crippen LogP contribution in [0.15, 0.2) is 150 Å². The van der Waals surface area contributed by atoms with Gasteiger partial charge in [0.25, 0.3) is 0 Å². The summed E-state index contributed by atoms with van der Waals surface area (Å²) in [5.74, 6) is 0.788. The average Bonchev–Trinajstić information content (AvgIpc) is 3.79. The molecule has 10 aromatic rings. The Morgan fingerprint density at radius 1 is 0.630 bits per heavy atom. The third-order valence-electron chi connectivity index (χ3n) is 9.84. The second kappa shape index (κ2) is 14.3. The van der Waals surface area contributed by atoms with Crippen molar-refractivity contribution >= 4 is 67.9 Å². The molecule has 1 radical (unpaired) electrons. The molecule has 0 bridgehead atoms. The van der Waals surface area contributed by atoms with Crippen molar-refractivity contribution in [1.82, 2.24) is 19.5 Å². The molecule has 10 rings (SSSR count). The Hall–Kier alpha value is -5.72. The van der Waals surface area contributed by atoms with Gasteiger partial charge in [-0.05, 0) is 41.4 Å². The van der Waals surface area contributed by atoms with Crippen LogP contribution in [0.1, 0.15) is 5.69 Å². The third-order valence-corrected chi connectivity index (χ3v) is 11.9. The van der Waals surface area contributed by atoms with E-state index in [0.717, 1.165) is 88.7 Å². The molecule has 5 nitrogen and oxygen atoms in total. The van der Waals surface area contributed by atoms with Gasteiger partial charge in [0.1, 0.15) is 5.58 Å². The van der Waals surface area contributed by atoms with Gasteiger partial charge >= 0.3 is 0 Å². The van der Waals surface area contributed by atoms with Gasteiger partial charge in [-0.1, -0.05) is 116 Å². The third kappa shape index (κ3) is 6.24. The summed E-state index contributed by atoms with van der Waals surface area (Å²) in [7, 11) is -1.23. The number of benzene rings is 6. The van der Waals surface area contributed by atoms with Crippen LogP contribution < -0.4 is 5.19 Å². The molecule has 0 atom stereocenters. The number of aryl methyl sites for hydroxylation is 1. The molecular weight excluding hydrogens is 857 g/mol. The molecule has 0 aliphatic heterocycles. The number of nitrogens with zero attached hydrogens (tertiary/aromatic N) is 4. The van der Waals surface area contributed by atoms with E-state index in [1.54, 1.807) is 0 Å². The summed E-state index contributed by atoms with van der Waals surface area (Å²) >= 11 is 0. The van der Waals surface area contributed by atoms with Crippen molar-refractivity contribution in [3.8, 4) is 28.3 Å². The van der Waals surface area contributed by atoms with E-state index in [1.165, 1.54) is 5.19 Å². The summed E-state index contributed by atoms with van der Waals surface area (Å²) in [4.78, 5) is 14.7. The Balaban J connectivity index is 0.000000206. The molecule has 0 saturated carbocycles. The van der Waals surface area contributed by atoms with Gasteiger partial charge in [-0.3, -0.25) is 9.97 Å². The second-order valence-corrected chi connectivity index (χ2v) is 19.4. The fourth-order valence-electron chi connectivity index (χ4n) is 7.13. The molecule has 0 amide bonds. The van der Waals surface area contributed by atoms with Crippen LogP contribution in [0.4, 0.5) is 0 Å². The first-order valence-corrected chi connectivity index (χ1v) is 21.4. The van der Waals surface area contributed by atoms with Crippen LogP contribution in [0.25, 0.3) is 83.0 Å². The van der Waals surface area contributed by atoms with E-state index in [4.69, 9.17) is 14.4 Å². The van der Waals surface area contributed by atoms with Gasteiger partial charge in [0, 0.05) is 48.1 Å². The molecule has 265 valence electrons. The molecule has 0 aliphatic carbocycles. The summed E-state index contributed by atoms with van der Waals surface area (Å²) in [6, 6.07) is 54.1. The molecule has 0 fully saturated rings. The number of hydrogen-bond acceptors (Lipinski definition) is 4. The fraction of sp³-hybridized carbons (Fsp3) is 0.0851. The normalized spacial score (nSPS) is 11.6. The molecule has 0 aliphatic rings. The van der Waals surface area contributed by atoms with Crippen molar-refractivity contribution in [1.29, 1.82) is 0 Å². The standard InChI is InChI=1S/C33H20N3O.C14H16NSi.Ir/c1-20-30-29(26-14-7-8-17-28(26)34-20)35-33(36(30)22-11-3-2-4-12-22)27-16-9-15-24-25-19-18-21-10-5-6-13-23(21)31(25)37-32(24)27;1-16(2,3)13-9-10-14(15-11-13)12-7-5-4-6-8-12;/h2-15,17-19H,1H3;4-7,9-11H,1-3H3;/q2*-1;. The van der Waals surface area contributed by atoms with Crippen LogP contribution in [0.2, 0.25) is 19.6 Å². The number of hydrogen-bond donors (Lipinski definition) is 0. The average molecular weight is 893 g/mol. The van der Waals surface area contributed by atoms with Crippen molar-refractivity contribution in [2.24, 2.45) is 0 Å². The van der Waals surface area contributed by atoms with Crippen LogP contribution in [-0.4, -0.2) is 27.6 Å². The van der Waals surface area contributed by atoms with Crippen molar-refractivity contribution in [3.05, 3.63) is 164 Å². The molecule has 6 aromatic carbocycles. The summed E-state index contributed by atoms with van der Waals surface area (Å²) in [6.07, 6.45) is 2.02. The maximum absolute atomic E-state index is 6.66. The quantitative estimate of drug-likeness (QED) is 0.130. The van der Waals surface area contributed by atoms with Crippen molar-refractivity contribution in [2.45, 2.75) is 26.6 Å². The number of imidazole rings is 1. The molecule has 0 unspecified atom stereocenters.